The van der Waals surface area contributed by atoms with Crippen molar-refractivity contribution < 1.29 is 4.74 Å². The van der Waals surface area contributed by atoms with Crippen molar-refractivity contribution in [1.29, 1.82) is 0 Å². The van der Waals surface area contributed by atoms with Gasteiger partial charge in [-0.3, -0.25) is 4.99 Å². The van der Waals surface area contributed by atoms with Crippen molar-refractivity contribution in [1.82, 2.24) is 4.90 Å². The third kappa shape index (κ3) is 3.24. The van der Waals surface area contributed by atoms with Gasteiger partial charge in [-0.25, -0.2) is 0 Å². The Morgan fingerprint density at radius 3 is 2.40 bits per heavy atom. The van der Waals surface area contributed by atoms with E-state index in [0.717, 1.165) is 46.2 Å². The lowest BCUT2D eigenvalue weighted by Crippen LogP contribution is -2.46. The summed E-state index contributed by atoms with van der Waals surface area (Å²) < 4.78 is 6.69. The van der Waals surface area contributed by atoms with Crippen LogP contribution in [0.25, 0.3) is 6.08 Å². The zero-order valence-electron chi connectivity index (χ0n) is 16.3. The molecule has 30 heavy (non-hydrogen) atoms. The van der Waals surface area contributed by atoms with Crippen LogP contribution in [0.4, 0.5) is 0 Å². The molecule has 150 valence electrons. The maximum absolute atomic E-state index is 6.69. The Labute approximate surface area is 186 Å². The van der Waals surface area contributed by atoms with E-state index in [1.807, 2.05) is 60.7 Å². The molecule has 1 unspecified atom stereocenters. The van der Waals surface area contributed by atoms with Crippen LogP contribution in [0.2, 0.25) is 10.0 Å². The van der Waals surface area contributed by atoms with E-state index in [1.54, 1.807) is 0 Å². The Morgan fingerprint density at radius 2 is 1.63 bits per heavy atom. The van der Waals surface area contributed by atoms with Gasteiger partial charge in [0.05, 0.1) is 13.2 Å². The van der Waals surface area contributed by atoms with Gasteiger partial charge in [0.2, 0.25) is 0 Å². The van der Waals surface area contributed by atoms with Gasteiger partial charge in [-0.1, -0.05) is 83.9 Å². The van der Waals surface area contributed by atoms with Crippen LogP contribution in [-0.4, -0.2) is 30.4 Å². The topological polar surface area (TPSA) is 24.8 Å². The van der Waals surface area contributed by atoms with Gasteiger partial charge >= 0.3 is 0 Å². The van der Waals surface area contributed by atoms with Gasteiger partial charge in [-0.05, 0) is 29.8 Å². The number of benzene rings is 3. The number of hydrogen-bond donors (Lipinski definition) is 0. The Balaban J connectivity index is 1.53. The quantitative estimate of drug-likeness (QED) is 0.491. The minimum Gasteiger partial charge on any atom is -0.343 e. The SMILES string of the molecule is Clc1ccc(/C=C/COC2(c3ccc(Cl)cc3)c3ccccc3C3=NCCN32)cc1. The summed E-state index contributed by atoms with van der Waals surface area (Å²) in [5.41, 5.74) is 3.66. The number of aliphatic imine (C=N–C) groups is 1. The number of halogens is 2. The molecular formula is C25H20Cl2N2O. The molecule has 0 N–H and O–H groups in total. The smallest absolute Gasteiger partial charge is 0.196 e. The first-order valence-electron chi connectivity index (χ1n) is 9.92. The summed E-state index contributed by atoms with van der Waals surface area (Å²) >= 11 is 12.2. The highest BCUT2D eigenvalue weighted by Gasteiger charge is 2.51. The third-order valence-electron chi connectivity index (χ3n) is 5.56. The number of ether oxygens (including phenoxy) is 1. The molecule has 2 aliphatic heterocycles. The molecule has 1 atom stereocenters. The normalized spacial score (nSPS) is 19.8. The highest BCUT2D eigenvalue weighted by Crippen LogP contribution is 2.46. The first-order valence-corrected chi connectivity index (χ1v) is 10.7. The van der Waals surface area contributed by atoms with Crippen molar-refractivity contribution in [3.05, 3.63) is 111 Å². The number of nitrogens with zero attached hydrogens (tertiary/aromatic N) is 2. The third-order valence-corrected chi connectivity index (χ3v) is 6.06. The fourth-order valence-corrected chi connectivity index (χ4v) is 4.51. The van der Waals surface area contributed by atoms with Crippen molar-refractivity contribution in [2.75, 3.05) is 19.7 Å². The number of fused-ring (bicyclic) bond motifs is 3. The summed E-state index contributed by atoms with van der Waals surface area (Å²) in [6.45, 7) is 2.03. The molecule has 5 heteroatoms. The summed E-state index contributed by atoms with van der Waals surface area (Å²) in [7, 11) is 0. The van der Waals surface area contributed by atoms with Crippen LogP contribution in [0.3, 0.4) is 0 Å². The summed E-state index contributed by atoms with van der Waals surface area (Å²) in [4.78, 5) is 7.04. The van der Waals surface area contributed by atoms with Crippen LogP contribution in [0.15, 0.2) is 83.9 Å². The minimum absolute atomic E-state index is 0.448. The second-order valence-corrected chi connectivity index (χ2v) is 8.19. The molecule has 3 nitrogen and oxygen atoms in total. The number of hydrogen-bond acceptors (Lipinski definition) is 3. The number of amidine groups is 1. The summed E-state index contributed by atoms with van der Waals surface area (Å²) in [6, 6.07) is 24.0. The zero-order valence-corrected chi connectivity index (χ0v) is 17.8. The molecule has 0 spiro atoms. The molecule has 0 fully saturated rings. The van der Waals surface area contributed by atoms with Crippen LogP contribution in [0.5, 0.6) is 0 Å². The maximum atomic E-state index is 6.69. The van der Waals surface area contributed by atoms with Crippen molar-refractivity contribution in [3.8, 4) is 0 Å². The van der Waals surface area contributed by atoms with E-state index in [-0.39, 0.29) is 0 Å². The second-order valence-electron chi connectivity index (χ2n) is 7.32. The van der Waals surface area contributed by atoms with E-state index in [2.05, 4.69) is 29.2 Å². The maximum Gasteiger partial charge on any atom is 0.196 e. The molecule has 0 aliphatic carbocycles. The summed E-state index contributed by atoms with van der Waals surface area (Å²) in [5, 5.41) is 1.44. The van der Waals surface area contributed by atoms with Crippen molar-refractivity contribution >= 4 is 35.1 Å². The monoisotopic (exact) mass is 434 g/mol. The Morgan fingerprint density at radius 1 is 0.933 bits per heavy atom. The standard InChI is InChI=1S/C25H20Cl2N2O/c26-20-11-7-18(8-12-20)4-3-17-30-25(19-9-13-21(27)14-10-19)23-6-2-1-5-22(23)24-28-15-16-29(24)25/h1-14H,15-17H2/b4-3+. The largest absolute Gasteiger partial charge is 0.343 e. The van der Waals surface area contributed by atoms with Crippen molar-refractivity contribution in [3.63, 3.8) is 0 Å². The zero-order chi connectivity index (χ0) is 20.6. The molecule has 0 aromatic heterocycles. The predicted molar refractivity (Wildman–Crippen MR) is 123 cm³/mol. The first-order chi connectivity index (χ1) is 14.7. The minimum atomic E-state index is -0.721. The number of rotatable bonds is 5. The lowest BCUT2D eigenvalue weighted by molar-refractivity contribution is -0.0817. The van der Waals surface area contributed by atoms with Crippen LogP contribution in [-0.2, 0) is 10.5 Å². The van der Waals surface area contributed by atoms with Gasteiger partial charge in [-0.2, -0.15) is 0 Å². The predicted octanol–water partition coefficient (Wildman–Crippen LogP) is 6.00. The molecule has 0 radical (unpaired) electrons. The molecule has 3 aromatic rings. The van der Waals surface area contributed by atoms with E-state index in [1.165, 1.54) is 0 Å². The molecule has 0 saturated carbocycles. The highest BCUT2D eigenvalue weighted by molar-refractivity contribution is 6.30. The van der Waals surface area contributed by atoms with E-state index < -0.39 is 5.72 Å². The van der Waals surface area contributed by atoms with E-state index >= 15 is 0 Å². The summed E-state index contributed by atoms with van der Waals surface area (Å²) in [6.07, 6.45) is 4.08. The van der Waals surface area contributed by atoms with Crippen LogP contribution < -0.4 is 0 Å². The average Bonchev–Trinajstić information content (AvgIpc) is 3.35. The summed E-state index contributed by atoms with van der Waals surface area (Å²) in [5.74, 6) is 1.00. The molecule has 2 aliphatic rings. The lowest BCUT2D eigenvalue weighted by Gasteiger charge is -2.38. The van der Waals surface area contributed by atoms with Gasteiger partial charge in [0.1, 0.15) is 5.84 Å². The van der Waals surface area contributed by atoms with Gasteiger partial charge in [0, 0.05) is 33.3 Å². The molecule has 0 saturated heterocycles. The van der Waals surface area contributed by atoms with Crippen LogP contribution >= 0.6 is 23.2 Å². The molecular weight excluding hydrogens is 415 g/mol. The average molecular weight is 435 g/mol. The van der Waals surface area contributed by atoms with Gasteiger partial charge in [0.15, 0.2) is 5.72 Å². The van der Waals surface area contributed by atoms with Gasteiger partial charge in [0.25, 0.3) is 0 Å². The first kappa shape index (κ1) is 19.4. The van der Waals surface area contributed by atoms with Gasteiger partial charge in [-0.15, -0.1) is 0 Å². The van der Waals surface area contributed by atoms with Gasteiger partial charge < -0.3 is 9.64 Å². The lowest BCUT2D eigenvalue weighted by atomic mass is 9.93. The van der Waals surface area contributed by atoms with E-state index in [0.29, 0.717) is 11.6 Å². The van der Waals surface area contributed by atoms with Crippen LogP contribution in [0.1, 0.15) is 22.3 Å². The van der Waals surface area contributed by atoms with Crippen molar-refractivity contribution in [2.24, 2.45) is 4.99 Å². The molecule has 2 heterocycles. The fraction of sp³-hybridized carbons (Fsp3) is 0.160. The second kappa shape index (κ2) is 7.92. The molecule has 5 rings (SSSR count). The molecule has 3 aromatic carbocycles. The Hall–Kier alpha value is -2.59. The Kier molecular flexibility index (Phi) is 5.11. The Bertz CT molecular complexity index is 1120. The molecule has 0 bridgehead atoms. The van der Waals surface area contributed by atoms with E-state index in [9.17, 15) is 0 Å². The fourth-order valence-electron chi connectivity index (χ4n) is 4.26. The van der Waals surface area contributed by atoms with Crippen molar-refractivity contribution in [2.45, 2.75) is 5.72 Å². The molecule has 0 amide bonds. The highest BCUT2D eigenvalue weighted by atomic mass is 35.5. The van der Waals surface area contributed by atoms with E-state index in [4.69, 9.17) is 32.9 Å². The van der Waals surface area contributed by atoms with Crippen LogP contribution in [0, 0.1) is 0 Å².